The molecule has 2 rings (SSSR count). The van der Waals surface area contributed by atoms with E-state index in [2.05, 4.69) is 19.1 Å². The van der Waals surface area contributed by atoms with Crippen LogP contribution in [0.1, 0.15) is 38.2 Å². The van der Waals surface area contributed by atoms with E-state index in [1.807, 2.05) is 25.1 Å². The second kappa shape index (κ2) is 4.28. The lowest BCUT2D eigenvalue weighted by Gasteiger charge is -2.13. The highest BCUT2D eigenvalue weighted by Crippen LogP contribution is 2.62. The molecule has 0 amide bonds. The van der Waals surface area contributed by atoms with Gasteiger partial charge in [-0.1, -0.05) is 37.3 Å². The number of ether oxygens (including phenoxy) is 1. The van der Waals surface area contributed by atoms with E-state index in [4.69, 9.17) is 4.74 Å². The van der Waals surface area contributed by atoms with Gasteiger partial charge in [-0.25, -0.2) is 0 Å². The molecule has 0 heterocycles. The molecule has 0 aromatic heterocycles. The Balaban J connectivity index is 2.14. The Hall–Kier alpha value is -1.31. The van der Waals surface area contributed by atoms with Crippen LogP contribution < -0.4 is 0 Å². The smallest absolute Gasteiger partial charge is 0.312 e. The molecule has 1 aliphatic carbocycles. The van der Waals surface area contributed by atoms with Crippen LogP contribution in [0.5, 0.6) is 0 Å². The highest BCUT2D eigenvalue weighted by atomic mass is 16.5. The minimum absolute atomic E-state index is 0.0219. The van der Waals surface area contributed by atoms with Crippen molar-refractivity contribution >= 4 is 5.97 Å². The molecular formula is C14H18O2. The molecule has 86 valence electrons. The number of esters is 1. The van der Waals surface area contributed by atoms with Crippen LogP contribution in [0.15, 0.2) is 30.3 Å². The maximum Gasteiger partial charge on any atom is 0.312 e. The van der Waals surface area contributed by atoms with Gasteiger partial charge in [-0.2, -0.15) is 0 Å². The molecule has 1 aromatic carbocycles. The fourth-order valence-corrected chi connectivity index (χ4v) is 2.46. The van der Waals surface area contributed by atoms with Gasteiger partial charge in [-0.15, -0.1) is 0 Å². The van der Waals surface area contributed by atoms with Crippen molar-refractivity contribution in [2.75, 3.05) is 6.61 Å². The van der Waals surface area contributed by atoms with Crippen LogP contribution >= 0.6 is 0 Å². The molecular weight excluding hydrogens is 200 g/mol. The minimum atomic E-state index is -0.239. The lowest BCUT2D eigenvalue weighted by molar-refractivity contribution is -0.150. The molecule has 1 aliphatic rings. The Morgan fingerprint density at radius 3 is 2.62 bits per heavy atom. The van der Waals surface area contributed by atoms with Crippen LogP contribution in [0.3, 0.4) is 0 Å². The Morgan fingerprint density at radius 2 is 2.06 bits per heavy atom. The van der Waals surface area contributed by atoms with Gasteiger partial charge in [0.25, 0.3) is 0 Å². The molecule has 0 unspecified atom stereocenters. The third kappa shape index (κ3) is 1.73. The summed E-state index contributed by atoms with van der Waals surface area (Å²) in [5, 5.41) is 0. The second-order valence-corrected chi connectivity index (χ2v) is 4.40. The van der Waals surface area contributed by atoms with Crippen molar-refractivity contribution in [3.05, 3.63) is 35.9 Å². The summed E-state index contributed by atoms with van der Waals surface area (Å²) in [7, 11) is 0. The van der Waals surface area contributed by atoms with Crippen molar-refractivity contribution in [3.63, 3.8) is 0 Å². The van der Waals surface area contributed by atoms with E-state index in [1.165, 1.54) is 5.56 Å². The van der Waals surface area contributed by atoms with E-state index in [0.29, 0.717) is 12.5 Å². The van der Waals surface area contributed by atoms with Crippen molar-refractivity contribution in [2.24, 2.45) is 5.41 Å². The van der Waals surface area contributed by atoms with E-state index in [9.17, 15) is 4.79 Å². The van der Waals surface area contributed by atoms with Crippen LogP contribution in [-0.2, 0) is 9.53 Å². The fourth-order valence-electron chi connectivity index (χ4n) is 2.46. The summed E-state index contributed by atoms with van der Waals surface area (Å²) in [6.45, 7) is 4.41. The highest BCUT2D eigenvalue weighted by molar-refractivity contribution is 5.82. The Morgan fingerprint density at radius 1 is 1.38 bits per heavy atom. The lowest BCUT2D eigenvalue weighted by atomic mass is 9.96. The van der Waals surface area contributed by atoms with Crippen LogP contribution in [0.4, 0.5) is 0 Å². The van der Waals surface area contributed by atoms with Gasteiger partial charge < -0.3 is 4.74 Å². The number of rotatable bonds is 4. The Bertz CT molecular complexity index is 372. The summed E-state index contributed by atoms with van der Waals surface area (Å²) in [6.07, 6.45) is 1.80. The lowest BCUT2D eigenvalue weighted by Crippen LogP contribution is -2.20. The highest BCUT2D eigenvalue weighted by Gasteiger charge is 2.60. The second-order valence-electron chi connectivity index (χ2n) is 4.40. The van der Waals surface area contributed by atoms with Gasteiger partial charge in [-0.3, -0.25) is 4.79 Å². The van der Waals surface area contributed by atoms with Crippen LogP contribution in [0, 0.1) is 5.41 Å². The summed E-state index contributed by atoms with van der Waals surface area (Å²) in [5.41, 5.74) is 1.02. The number of benzene rings is 1. The number of carbonyl (C=O) groups excluding carboxylic acids is 1. The first kappa shape index (κ1) is 11.2. The molecule has 0 spiro atoms. The average molecular weight is 218 g/mol. The van der Waals surface area contributed by atoms with Gasteiger partial charge in [0.1, 0.15) is 0 Å². The molecule has 2 atom stereocenters. The number of carbonyl (C=O) groups is 1. The topological polar surface area (TPSA) is 26.3 Å². The molecule has 2 nitrogen and oxygen atoms in total. The van der Waals surface area contributed by atoms with Crippen LogP contribution in [-0.4, -0.2) is 12.6 Å². The minimum Gasteiger partial charge on any atom is -0.466 e. The van der Waals surface area contributed by atoms with Crippen molar-refractivity contribution < 1.29 is 9.53 Å². The quantitative estimate of drug-likeness (QED) is 0.726. The predicted molar refractivity (Wildman–Crippen MR) is 63.2 cm³/mol. The zero-order valence-corrected chi connectivity index (χ0v) is 9.90. The van der Waals surface area contributed by atoms with E-state index in [-0.39, 0.29) is 11.4 Å². The van der Waals surface area contributed by atoms with E-state index >= 15 is 0 Å². The molecule has 1 fully saturated rings. The van der Waals surface area contributed by atoms with Gasteiger partial charge >= 0.3 is 5.97 Å². The predicted octanol–water partition coefficient (Wildman–Crippen LogP) is 3.13. The number of hydrogen-bond acceptors (Lipinski definition) is 2. The van der Waals surface area contributed by atoms with Crippen LogP contribution in [0.25, 0.3) is 0 Å². The molecule has 0 bridgehead atoms. The zero-order valence-electron chi connectivity index (χ0n) is 9.90. The average Bonchev–Trinajstić information content (AvgIpc) is 3.06. The monoisotopic (exact) mass is 218 g/mol. The molecule has 16 heavy (non-hydrogen) atoms. The summed E-state index contributed by atoms with van der Waals surface area (Å²) in [5.74, 6) is 0.337. The summed E-state index contributed by atoms with van der Waals surface area (Å²) in [4.78, 5) is 11.9. The van der Waals surface area contributed by atoms with Crippen molar-refractivity contribution in [3.8, 4) is 0 Å². The Labute approximate surface area is 96.6 Å². The standard InChI is InChI=1S/C14H18O2/c1-3-14(13(15)16-4-2)10-12(14)11-8-6-5-7-9-11/h5-9,12H,3-4,10H2,1-2H3/t12-,14-/m0/s1. The van der Waals surface area contributed by atoms with E-state index in [0.717, 1.165) is 12.8 Å². The van der Waals surface area contributed by atoms with Gasteiger partial charge in [-0.05, 0) is 25.3 Å². The first-order valence-electron chi connectivity index (χ1n) is 5.96. The zero-order chi connectivity index (χ0) is 11.6. The largest absolute Gasteiger partial charge is 0.466 e. The maximum absolute atomic E-state index is 11.9. The molecule has 1 aromatic rings. The first-order valence-corrected chi connectivity index (χ1v) is 5.96. The van der Waals surface area contributed by atoms with Crippen molar-refractivity contribution in [1.82, 2.24) is 0 Å². The summed E-state index contributed by atoms with van der Waals surface area (Å²) >= 11 is 0. The fraction of sp³-hybridized carbons (Fsp3) is 0.500. The summed E-state index contributed by atoms with van der Waals surface area (Å²) in [6, 6.07) is 10.3. The normalized spacial score (nSPS) is 27.5. The van der Waals surface area contributed by atoms with Crippen LogP contribution in [0.2, 0.25) is 0 Å². The van der Waals surface area contributed by atoms with Gasteiger partial charge in [0.05, 0.1) is 12.0 Å². The molecule has 0 radical (unpaired) electrons. The molecule has 1 saturated carbocycles. The van der Waals surface area contributed by atoms with Gasteiger partial charge in [0.2, 0.25) is 0 Å². The van der Waals surface area contributed by atoms with E-state index < -0.39 is 0 Å². The molecule has 0 saturated heterocycles. The van der Waals surface area contributed by atoms with Gasteiger partial charge in [0, 0.05) is 5.92 Å². The third-order valence-corrected chi connectivity index (χ3v) is 3.59. The van der Waals surface area contributed by atoms with E-state index in [1.54, 1.807) is 0 Å². The van der Waals surface area contributed by atoms with Crippen molar-refractivity contribution in [1.29, 1.82) is 0 Å². The molecule has 0 aliphatic heterocycles. The maximum atomic E-state index is 11.9. The third-order valence-electron chi connectivity index (χ3n) is 3.59. The number of hydrogen-bond donors (Lipinski definition) is 0. The Kier molecular flexibility index (Phi) is 2.99. The molecule has 2 heteroatoms. The first-order chi connectivity index (χ1) is 7.74. The SMILES string of the molecule is CCOC(=O)[C@@]1(CC)C[C@H]1c1ccccc1. The van der Waals surface area contributed by atoms with Crippen molar-refractivity contribution in [2.45, 2.75) is 32.6 Å². The summed E-state index contributed by atoms with van der Waals surface area (Å²) < 4.78 is 5.17. The molecule has 0 N–H and O–H groups in total. The van der Waals surface area contributed by atoms with Gasteiger partial charge in [0.15, 0.2) is 0 Å².